The first-order valence-electron chi connectivity index (χ1n) is 11.5. The number of hydrogen-bond donors (Lipinski definition) is 3. The molecule has 1 unspecified atom stereocenters. The first kappa shape index (κ1) is 19.7. The van der Waals surface area contributed by atoms with Crippen molar-refractivity contribution in [1.82, 2.24) is 0 Å². The maximum absolute atomic E-state index is 11.4. The van der Waals surface area contributed by atoms with Gasteiger partial charge in [-0.25, -0.2) is 0 Å². The number of aromatic nitrogens is 1. The minimum absolute atomic E-state index is 0.154. The van der Waals surface area contributed by atoms with Crippen molar-refractivity contribution in [3.05, 3.63) is 36.2 Å². The second kappa shape index (κ2) is 6.90. The SMILES string of the molecule is CC1=C([n+]2ccccc2)[C@@]2(CO)CC[C@H]3[C@@H]([C@@H](O)CC4C[C@@H](O)CC[C@@]43C)[C@@H]2C1. The van der Waals surface area contributed by atoms with E-state index >= 15 is 0 Å². The molecule has 0 aromatic carbocycles. The van der Waals surface area contributed by atoms with Crippen LogP contribution in [0.15, 0.2) is 36.2 Å². The Balaban J connectivity index is 1.54. The number of hydrogen-bond acceptors (Lipinski definition) is 3. The molecule has 5 rings (SSSR count). The number of fused-ring (bicyclic) bond motifs is 5. The van der Waals surface area contributed by atoms with Gasteiger partial charge in [-0.3, -0.25) is 0 Å². The van der Waals surface area contributed by atoms with Crippen LogP contribution >= 0.6 is 0 Å². The highest BCUT2D eigenvalue weighted by Crippen LogP contribution is 2.67. The van der Waals surface area contributed by atoms with Gasteiger partial charge in [-0.1, -0.05) is 13.0 Å². The Morgan fingerprint density at radius 3 is 2.52 bits per heavy atom. The van der Waals surface area contributed by atoms with E-state index in [0.29, 0.717) is 17.8 Å². The predicted molar refractivity (Wildman–Crippen MR) is 111 cm³/mol. The first-order valence-corrected chi connectivity index (χ1v) is 11.5. The molecule has 0 aliphatic heterocycles. The summed E-state index contributed by atoms with van der Waals surface area (Å²) in [5.41, 5.74) is 2.58. The van der Waals surface area contributed by atoms with Gasteiger partial charge in [-0.2, -0.15) is 4.57 Å². The van der Waals surface area contributed by atoms with Crippen LogP contribution < -0.4 is 4.57 Å². The largest absolute Gasteiger partial charge is 0.395 e. The fourth-order valence-corrected chi connectivity index (χ4v) is 8.22. The highest BCUT2D eigenvalue weighted by atomic mass is 16.3. The number of rotatable bonds is 2. The van der Waals surface area contributed by atoms with E-state index in [2.05, 4.69) is 42.9 Å². The number of allylic oxidation sites excluding steroid dienone is 1. The van der Waals surface area contributed by atoms with Gasteiger partial charge < -0.3 is 15.3 Å². The second-order valence-corrected chi connectivity index (χ2v) is 10.7. The average Bonchev–Trinajstić information content (AvgIpc) is 3.02. The quantitative estimate of drug-likeness (QED) is 0.671. The van der Waals surface area contributed by atoms with Crippen LogP contribution in [-0.4, -0.2) is 34.1 Å². The molecule has 0 saturated heterocycles. The molecule has 0 spiro atoms. The lowest BCUT2D eigenvalue weighted by molar-refractivity contribution is -0.591. The molecule has 3 fully saturated rings. The maximum Gasteiger partial charge on any atom is 0.194 e. The fourth-order valence-electron chi connectivity index (χ4n) is 8.22. The van der Waals surface area contributed by atoms with Gasteiger partial charge in [0.15, 0.2) is 18.1 Å². The lowest BCUT2D eigenvalue weighted by Gasteiger charge is -2.61. The van der Waals surface area contributed by atoms with Crippen molar-refractivity contribution in [3.8, 4) is 0 Å². The summed E-state index contributed by atoms with van der Waals surface area (Å²) in [5, 5.41) is 32.3. The van der Waals surface area contributed by atoms with Gasteiger partial charge >= 0.3 is 0 Å². The molecule has 4 aliphatic carbocycles. The van der Waals surface area contributed by atoms with Crippen LogP contribution in [0.3, 0.4) is 0 Å². The van der Waals surface area contributed by atoms with Crippen molar-refractivity contribution < 1.29 is 19.9 Å². The third-order valence-corrected chi connectivity index (χ3v) is 9.52. The highest BCUT2D eigenvalue weighted by Gasteiger charge is 2.65. The number of aliphatic hydroxyl groups is 3. The fraction of sp³-hybridized carbons (Fsp3) is 0.720. The standard InChI is InChI=1S/C25H36NO3/c1-16-12-20-22-19(24(2)8-6-18(28)13-17(24)14-21(22)29)7-9-25(20,15-27)23(16)26-10-4-3-5-11-26/h3-5,10-11,17-22,27-29H,6-9,12-15H2,1-2H3/q+1/t17?,18-,19-,20-,21-,22+,24-,25+/m0/s1. The van der Waals surface area contributed by atoms with Crippen LogP contribution in [-0.2, 0) is 0 Å². The van der Waals surface area contributed by atoms with Gasteiger partial charge in [-0.05, 0) is 86.5 Å². The molecular formula is C25H36NO3+. The van der Waals surface area contributed by atoms with Gasteiger partial charge in [0.05, 0.1) is 24.2 Å². The lowest BCUT2D eigenvalue weighted by atomic mass is 9.44. The van der Waals surface area contributed by atoms with Gasteiger partial charge in [0.25, 0.3) is 0 Å². The molecule has 0 bridgehead atoms. The number of aliphatic hydroxyl groups excluding tert-OH is 3. The van der Waals surface area contributed by atoms with Crippen molar-refractivity contribution in [2.24, 2.45) is 34.5 Å². The Morgan fingerprint density at radius 2 is 1.79 bits per heavy atom. The predicted octanol–water partition coefficient (Wildman–Crippen LogP) is 3.16. The van der Waals surface area contributed by atoms with E-state index in [4.69, 9.17) is 0 Å². The topological polar surface area (TPSA) is 64.6 Å². The summed E-state index contributed by atoms with van der Waals surface area (Å²) in [6, 6.07) is 6.14. The first-order chi connectivity index (χ1) is 13.9. The molecule has 158 valence electrons. The Labute approximate surface area is 174 Å². The van der Waals surface area contributed by atoms with E-state index in [1.807, 2.05) is 6.07 Å². The van der Waals surface area contributed by atoms with Crippen LogP contribution in [0, 0.1) is 34.5 Å². The van der Waals surface area contributed by atoms with Crippen LogP contribution in [0.2, 0.25) is 0 Å². The van der Waals surface area contributed by atoms with E-state index in [0.717, 1.165) is 44.9 Å². The highest BCUT2D eigenvalue weighted by molar-refractivity contribution is 5.54. The molecule has 8 atom stereocenters. The van der Waals surface area contributed by atoms with Crippen molar-refractivity contribution >= 4 is 5.70 Å². The zero-order chi connectivity index (χ0) is 20.4. The molecular weight excluding hydrogens is 362 g/mol. The summed E-state index contributed by atoms with van der Waals surface area (Å²) in [5.74, 6) is 1.45. The molecule has 0 radical (unpaired) electrons. The van der Waals surface area contributed by atoms with Crippen molar-refractivity contribution in [2.45, 2.75) is 71.0 Å². The molecule has 3 saturated carbocycles. The van der Waals surface area contributed by atoms with Gasteiger partial charge in [0, 0.05) is 12.1 Å². The van der Waals surface area contributed by atoms with E-state index < -0.39 is 0 Å². The lowest BCUT2D eigenvalue weighted by Crippen LogP contribution is -2.60. The normalized spacial score (nSPS) is 46.8. The molecule has 3 N–H and O–H groups in total. The van der Waals surface area contributed by atoms with Gasteiger partial charge in [0.1, 0.15) is 0 Å². The molecule has 4 nitrogen and oxygen atoms in total. The number of nitrogens with zero attached hydrogens (tertiary/aromatic N) is 1. The summed E-state index contributed by atoms with van der Waals surface area (Å²) >= 11 is 0. The Bertz CT molecular complexity index is 808. The Morgan fingerprint density at radius 1 is 1.03 bits per heavy atom. The van der Waals surface area contributed by atoms with Crippen LogP contribution in [0.25, 0.3) is 5.70 Å². The van der Waals surface area contributed by atoms with E-state index in [1.165, 1.54) is 11.3 Å². The minimum atomic E-state index is -0.326. The van der Waals surface area contributed by atoms with E-state index in [9.17, 15) is 15.3 Å². The summed E-state index contributed by atoms with van der Waals surface area (Å²) in [6.45, 7) is 4.80. The Kier molecular flexibility index (Phi) is 4.69. The summed E-state index contributed by atoms with van der Waals surface area (Å²) in [7, 11) is 0. The summed E-state index contributed by atoms with van der Waals surface area (Å²) < 4.78 is 2.21. The van der Waals surface area contributed by atoms with Crippen LogP contribution in [0.5, 0.6) is 0 Å². The van der Waals surface area contributed by atoms with Crippen LogP contribution in [0.1, 0.15) is 58.8 Å². The summed E-state index contributed by atoms with van der Waals surface area (Å²) in [6.07, 6.45) is 10.3. The number of pyridine rings is 1. The molecule has 0 amide bonds. The molecule has 4 heteroatoms. The molecule has 4 aliphatic rings. The zero-order valence-electron chi connectivity index (χ0n) is 17.8. The van der Waals surface area contributed by atoms with Gasteiger partial charge in [-0.15, -0.1) is 0 Å². The summed E-state index contributed by atoms with van der Waals surface area (Å²) in [4.78, 5) is 0. The Hall–Kier alpha value is -1.23. The third-order valence-electron chi connectivity index (χ3n) is 9.52. The molecule has 29 heavy (non-hydrogen) atoms. The van der Waals surface area contributed by atoms with Crippen LogP contribution in [0.4, 0.5) is 0 Å². The maximum atomic E-state index is 11.4. The van der Waals surface area contributed by atoms with Crippen molar-refractivity contribution in [1.29, 1.82) is 0 Å². The van der Waals surface area contributed by atoms with Crippen molar-refractivity contribution in [3.63, 3.8) is 0 Å². The molecule has 1 heterocycles. The minimum Gasteiger partial charge on any atom is -0.395 e. The van der Waals surface area contributed by atoms with E-state index in [-0.39, 0.29) is 35.6 Å². The molecule has 1 aromatic rings. The zero-order valence-corrected chi connectivity index (χ0v) is 17.8. The van der Waals surface area contributed by atoms with Crippen molar-refractivity contribution in [2.75, 3.05) is 6.61 Å². The van der Waals surface area contributed by atoms with Gasteiger partial charge in [0.2, 0.25) is 0 Å². The second-order valence-electron chi connectivity index (χ2n) is 10.7. The molecule has 1 aromatic heterocycles. The van der Waals surface area contributed by atoms with E-state index in [1.54, 1.807) is 0 Å². The third kappa shape index (κ3) is 2.72. The smallest absolute Gasteiger partial charge is 0.194 e. The monoisotopic (exact) mass is 398 g/mol. The average molecular weight is 399 g/mol.